The third-order valence-corrected chi connectivity index (χ3v) is 18.4. The molecule has 0 radical (unpaired) electrons. The van der Waals surface area contributed by atoms with Gasteiger partial charge in [0, 0.05) is 11.8 Å². The van der Waals surface area contributed by atoms with Crippen LogP contribution in [0.15, 0.2) is 41.5 Å². The molecule has 0 aromatic heterocycles. The van der Waals surface area contributed by atoms with Crippen LogP contribution in [0, 0.1) is 62.6 Å². The Morgan fingerprint density at radius 1 is 0.810 bits per heavy atom. The fraction of sp³-hybridized carbons (Fsp3) is 0.755. The van der Waals surface area contributed by atoms with Gasteiger partial charge >= 0.3 is 18.2 Å². The Hall–Kier alpha value is -3.78. The number of ketones is 1. The highest BCUT2D eigenvalue weighted by Gasteiger charge is 2.70. The molecule has 0 aliphatic heterocycles. The van der Waals surface area contributed by atoms with Crippen LogP contribution in [0.5, 0.6) is 0 Å². The van der Waals surface area contributed by atoms with Crippen molar-refractivity contribution in [2.24, 2.45) is 62.6 Å². The number of hydrogen-bond donors (Lipinski definition) is 2. The van der Waals surface area contributed by atoms with E-state index in [9.17, 15) is 19.2 Å². The van der Waals surface area contributed by atoms with E-state index in [1.807, 2.05) is 0 Å². The smallest absolute Gasteiger partial charge is 0.408 e. The fourth-order valence-electron chi connectivity index (χ4n) is 14.8. The van der Waals surface area contributed by atoms with Crippen LogP contribution in [-0.4, -0.2) is 52.7 Å². The van der Waals surface area contributed by atoms with Gasteiger partial charge in [-0.1, -0.05) is 92.6 Å². The minimum Gasteiger partial charge on any atom is -0.462 e. The number of hydrogen-bond acceptors (Lipinski definition) is 8. The number of nitrogens with one attached hydrogen (secondary N) is 2. The van der Waals surface area contributed by atoms with Crippen molar-refractivity contribution in [1.82, 2.24) is 10.6 Å². The average molecular weight is 871 g/mol. The first-order valence-electron chi connectivity index (χ1n) is 23.9. The van der Waals surface area contributed by atoms with Crippen molar-refractivity contribution < 1.29 is 38.2 Å². The van der Waals surface area contributed by atoms with Crippen molar-refractivity contribution in [2.75, 3.05) is 0 Å². The van der Waals surface area contributed by atoms with Crippen molar-refractivity contribution >= 4 is 29.9 Å². The van der Waals surface area contributed by atoms with E-state index in [0.29, 0.717) is 24.2 Å². The molecule has 2 amide bonds. The Labute approximate surface area is 377 Å². The lowest BCUT2D eigenvalue weighted by Gasteiger charge is -2.72. The Kier molecular flexibility index (Phi) is 12.8. The van der Waals surface area contributed by atoms with Crippen molar-refractivity contribution in [1.29, 1.82) is 0 Å². The van der Waals surface area contributed by atoms with E-state index >= 15 is 0 Å². The van der Waals surface area contributed by atoms with Gasteiger partial charge in [0.1, 0.15) is 17.2 Å². The number of amides is 2. The Balaban J connectivity index is 0.00000214. The molecule has 348 valence electrons. The normalized spacial score (nSPS) is 36.4. The monoisotopic (exact) mass is 871 g/mol. The fourth-order valence-corrected chi connectivity index (χ4v) is 14.8. The third-order valence-electron chi connectivity index (χ3n) is 18.4. The van der Waals surface area contributed by atoms with E-state index < -0.39 is 22.8 Å². The SMILES string of the molecule is CC(C)C1=C2[C@H]3CC[C@@H]4[C@@]5(C)CC[C@H](OC(=O)[C@@H]6C[C@H](Cc7ccccc7)C6(C)C)C(C)(C)[C@@H]5CC[C@@]4(C)[C@]3(C)CC[C@@]2(NC(=O)C(C)(C)NC(=O)OC(C)(C)C)CC1=O.O=C=O. The Morgan fingerprint density at radius 3 is 2.03 bits per heavy atom. The lowest BCUT2D eigenvalue weighted by molar-refractivity contribution is -0.235. The number of esters is 1. The van der Waals surface area contributed by atoms with Crippen LogP contribution < -0.4 is 10.6 Å². The summed E-state index contributed by atoms with van der Waals surface area (Å²) in [6.45, 7) is 30.0. The van der Waals surface area contributed by atoms with Gasteiger partial charge in [-0.25, -0.2) is 4.79 Å². The molecule has 0 unspecified atom stereocenters. The number of Topliss-reactive ketones (excluding diaryl/α,β-unsaturated/α-hetero) is 1. The molecule has 7 rings (SSSR count). The molecule has 5 saturated carbocycles. The summed E-state index contributed by atoms with van der Waals surface area (Å²) in [5, 5.41) is 6.25. The standard InChI is InChI=1S/C52H78N2O6.CO2/c1-31(2)40-36(55)30-52(53-43(57)48(10,11)54-44(58)60-45(3,4)5)27-26-50(13)34(41(40)52)20-21-38-49(12)24-23-39(47(8,9)37(49)22-25-51(38,50)14)59-42(56)35-29-33(46(35,6)7)28-32-18-16-15-17-19-32;2-1-3/h15-19,31,33-35,37-39H,20-30H2,1-14H3,(H,53,57)(H,54,58);/t33-,34+,35-,37-,38+,39-,49-,50+,51+,52+;/m0./s1. The summed E-state index contributed by atoms with van der Waals surface area (Å²) in [6, 6.07) is 10.6. The van der Waals surface area contributed by atoms with Crippen LogP contribution in [0.25, 0.3) is 0 Å². The molecule has 6 aliphatic carbocycles. The number of rotatable bonds is 8. The van der Waals surface area contributed by atoms with Crippen molar-refractivity contribution in [3.63, 3.8) is 0 Å². The number of fused-ring (bicyclic) bond motifs is 7. The van der Waals surface area contributed by atoms with Gasteiger partial charge in [0.2, 0.25) is 5.91 Å². The molecule has 10 heteroatoms. The van der Waals surface area contributed by atoms with E-state index in [0.717, 1.165) is 63.4 Å². The molecule has 6 aliphatic rings. The predicted octanol–water partition coefficient (Wildman–Crippen LogP) is 10.4. The first kappa shape index (κ1) is 48.7. The van der Waals surface area contributed by atoms with Gasteiger partial charge in [0.25, 0.3) is 0 Å². The Bertz CT molecular complexity index is 2020. The third kappa shape index (κ3) is 8.26. The van der Waals surface area contributed by atoms with Crippen molar-refractivity contribution in [2.45, 2.75) is 190 Å². The van der Waals surface area contributed by atoms with Crippen molar-refractivity contribution in [3.05, 3.63) is 47.0 Å². The summed E-state index contributed by atoms with van der Waals surface area (Å²) in [5.41, 5.74) is 0.505. The molecule has 0 heterocycles. The largest absolute Gasteiger partial charge is 0.462 e. The zero-order valence-electron chi connectivity index (χ0n) is 41.0. The maximum absolute atomic E-state index is 14.3. The molecule has 5 fully saturated rings. The first-order chi connectivity index (χ1) is 29.0. The molecule has 10 atom stereocenters. The zero-order valence-corrected chi connectivity index (χ0v) is 41.0. The summed E-state index contributed by atoms with van der Waals surface area (Å²) in [7, 11) is 0. The van der Waals surface area contributed by atoms with Gasteiger partial charge in [-0.2, -0.15) is 9.59 Å². The quantitative estimate of drug-likeness (QED) is 0.246. The second-order valence-electron chi connectivity index (χ2n) is 24.3. The summed E-state index contributed by atoms with van der Waals surface area (Å²) in [5.74, 6) is 1.38. The summed E-state index contributed by atoms with van der Waals surface area (Å²) < 4.78 is 12.2. The van der Waals surface area contributed by atoms with Crippen LogP contribution >= 0.6 is 0 Å². The molecule has 10 nitrogen and oxygen atoms in total. The number of carbonyl (C=O) groups is 4. The van der Waals surface area contributed by atoms with Gasteiger partial charge in [-0.15, -0.1) is 0 Å². The van der Waals surface area contributed by atoms with E-state index in [4.69, 9.17) is 19.1 Å². The van der Waals surface area contributed by atoms with Gasteiger partial charge in [0.15, 0.2) is 5.78 Å². The van der Waals surface area contributed by atoms with Crippen LogP contribution in [0.2, 0.25) is 0 Å². The average Bonchev–Trinajstić information content (AvgIpc) is 3.46. The maximum Gasteiger partial charge on any atom is 0.408 e. The second-order valence-corrected chi connectivity index (χ2v) is 24.3. The summed E-state index contributed by atoms with van der Waals surface area (Å²) >= 11 is 0. The lowest BCUT2D eigenvalue weighted by atomic mass is 9.33. The Morgan fingerprint density at radius 2 is 1.44 bits per heavy atom. The molecular formula is C53H78N2O8. The molecule has 2 N–H and O–H groups in total. The number of alkyl carbamates (subject to hydrolysis) is 1. The van der Waals surface area contributed by atoms with Crippen LogP contribution in [0.3, 0.4) is 0 Å². The molecule has 1 aromatic carbocycles. The van der Waals surface area contributed by atoms with E-state index in [2.05, 4.69) is 103 Å². The van der Waals surface area contributed by atoms with E-state index in [1.54, 1.807) is 34.6 Å². The molecule has 0 bridgehead atoms. The predicted molar refractivity (Wildman–Crippen MR) is 242 cm³/mol. The van der Waals surface area contributed by atoms with E-state index in [1.165, 1.54) is 11.1 Å². The maximum atomic E-state index is 14.3. The molecule has 0 saturated heterocycles. The molecule has 63 heavy (non-hydrogen) atoms. The van der Waals surface area contributed by atoms with Crippen LogP contribution in [0.4, 0.5) is 4.79 Å². The number of carbonyl (C=O) groups excluding carboxylic acids is 6. The summed E-state index contributed by atoms with van der Waals surface area (Å²) in [4.78, 5) is 71.6. The van der Waals surface area contributed by atoms with Gasteiger partial charge < -0.3 is 20.1 Å². The molecule has 0 spiro atoms. The van der Waals surface area contributed by atoms with Gasteiger partial charge in [-0.3, -0.25) is 14.4 Å². The molecule has 1 aromatic rings. The highest BCUT2D eigenvalue weighted by molar-refractivity contribution is 6.03. The van der Waals surface area contributed by atoms with Crippen molar-refractivity contribution in [3.8, 4) is 0 Å². The first-order valence-corrected chi connectivity index (χ1v) is 23.9. The highest BCUT2D eigenvalue weighted by Crippen LogP contribution is 2.76. The number of ether oxygens (including phenoxy) is 2. The minimum absolute atomic E-state index is 0.00166. The van der Waals surface area contributed by atoms with Gasteiger partial charge in [-0.05, 0) is 167 Å². The number of benzene rings is 1. The topological polar surface area (TPSA) is 145 Å². The minimum atomic E-state index is -1.25. The summed E-state index contributed by atoms with van der Waals surface area (Å²) in [6.07, 6.45) is 9.45. The highest BCUT2D eigenvalue weighted by atomic mass is 16.6. The van der Waals surface area contributed by atoms with Crippen LogP contribution in [0.1, 0.15) is 167 Å². The number of allylic oxidation sites excluding steroid dienone is 1. The van der Waals surface area contributed by atoms with E-state index in [-0.39, 0.29) is 81.2 Å². The van der Waals surface area contributed by atoms with Crippen LogP contribution in [-0.2, 0) is 39.9 Å². The zero-order chi connectivity index (χ0) is 46.9. The second kappa shape index (κ2) is 16.6. The molecular weight excluding hydrogens is 793 g/mol. The van der Waals surface area contributed by atoms with Gasteiger partial charge in [0.05, 0.1) is 11.5 Å². The lowest BCUT2D eigenvalue weighted by Crippen LogP contribution is -2.68.